The van der Waals surface area contributed by atoms with Gasteiger partial charge in [-0.3, -0.25) is 4.79 Å². The maximum Gasteiger partial charge on any atom is 0.292 e. The minimum Gasteiger partial charge on any atom is -0.493 e. The van der Waals surface area contributed by atoms with E-state index in [2.05, 4.69) is 45.0 Å². The van der Waals surface area contributed by atoms with E-state index in [0.717, 1.165) is 41.0 Å². The lowest BCUT2D eigenvalue weighted by Gasteiger charge is -2.33. The van der Waals surface area contributed by atoms with Crippen LogP contribution in [0.1, 0.15) is 60.4 Å². The molecule has 2 heterocycles. The van der Waals surface area contributed by atoms with E-state index in [0.29, 0.717) is 32.3 Å². The lowest BCUT2D eigenvalue weighted by atomic mass is 9.97. The first-order chi connectivity index (χ1) is 14.8. The Kier molecular flexibility index (Phi) is 6.09. The average Bonchev–Trinajstić information content (AvgIpc) is 2.98. The number of hydrogen-bond donors (Lipinski definition) is 0. The average molecular weight is 424 g/mol. The van der Waals surface area contributed by atoms with E-state index < -0.39 is 5.79 Å². The number of benzene rings is 2. The Morgan fingerprint density at radius 1 is 1.06 bits per heavy atom. The molecule has 1 amide bonds. The van der Waals surface area contributed by atoms with Gasteiger partial charge in [0.1, 0.15) is 5.75 Å². The van der Waals surface area contributed by atoms with Crippen molar-refractivity contribution in [3.63, 3.8) is 0 Å². The van der Waals surface area contributed by atoms with Gasteiger partial charge in [-0.05, 0) is 67.9 Å². The molecule has 0 bridgehead atoms. The minimum absolute atomic E-state index is 0.113. The number of fused-ring (bicyclic) bond motifs is 2. The SMILES string of the molecule is Cc1ccc(C(C)C)c(OCCCN2C(=O)C3(OCCCO3)c3c(C)ccc(C)c32)c1. The van der Waals surface area contributed by atoms with Crippen LogP contribution in [0.4, 0.5) is 5.69 Å². The van der Waals surface area contributed by atoms with Gasteiger partial charge in [0.2, 0.25) is 0 Å². The highest BCUT2D eigenvalue weighted by Gasteiger charge is 2.56. The van der Waals surface area contributed by atoms with Crippen LogP contribution >= 0.6 is 0 Å². The predicted octanol–water partition coefficient (Wildman–Crippen LogP) is 5.14. The number of carbonyl (C=O) groups excluding carboxylic acids is 1. The van der Waals surface area contributed by atoms with Gasteiger partial charge in [0.05, 0.1) is 25.5 Å². The number of rotatable bonds is 6. The molecule has 0 atom stereocenters. The summed E-state index contributed by atoms with van der Waals surface area (Å²) in [5, 5.41) is 0. The second-order valence-corrected chi connectivity index (χ2v) is 8.94. The molecular weight excluding hydrogens is 390 g/mol. The number of hydrogen-bond acceptors (Lipinski definition) is 4. The van der Waals surface area contributed by atoms with E-state index in [1.807, 2.05) is 24.8 Å². The summed E-state index contributed by atoms with van der Waals surface area (Å²) in [5.41, 5.74) is 6.29. The lowest BCUT2D eigenvalue weighted by molar-refractivity contribution is -0.257. The van der Waals surface area contributed by atoms with Crippen LogP contribution < -0.4 is 9.64 Å². The summed E-state index contributed by atoms with van der Waals surface area (Å²) in [7, 11) is 0. The Bertz CT molecular complexity index is 976. The quantitative estimate of drug-likeness (QED) is 0.604. The summed E-state index contributed by atoms with van der Waals surface area (Å²) < 4.78 is 18.2. The lowest BCUT2D eigenvalue weighted by Crippen LogP contribution is -2.47. The van der Waals surface area contributed by atoms with E-state index in [1.165, 1.54) is 11.1 Å². The zero-order valence-electron chi connectivity index (χ0n) is 19.3. The van der Waals surface area contributed by atoms with Crippen LogP contribution in [0.5, 0.6) is 5.75 Å². The number of aryl methyl sites for hydroxylation is 3. The molecule has 1 saturated heterocycles. The van der Waals surface area contributed by atoms with E-state index in [1.54, 1.807) is 0 Å². The van der Waals surface area contributed by atoms with Crippen molar-refractivity contribution in [1.82, 2.24) is 0 Å². The highest BCUT2D eigenvalue weighted by molar-refractivity contribution is 6.07. The largest absolute Gasteiger partial charge is 0.493 e. The number of nitrogens with zero attached hydrogens (tertiary/aromatic N) is 1. The molecule has 5 heteroatoms. The number of amides is 1. The van der Waals surface area contributed by atoms with Gasteiger partial charge in [0.15, 0.2) is 0 Å². The molecule has 0 aromatic heterocycles. The summed E-state index contributed by atoms with van der Waals surface area (Å²) in [6.07, 6.45) is 1.53. The zero-order valence-corrected chi connectivity index (χ0v) is 19.3. The van der Waals surface area contributed by atoms with Gasteiger partial charge in [0.25, 0.3) is 11.7 Å². The molecule has 0 radical (unpaired) electrons. The highest BCUT2D eigenvalue weighted by Crippen LogP contribution is 2.48. The van der Waals surface area contributed by atoms with Crippen molar-refractivity contribution >= 4 is 11.6 Å². The van der Waals surface area contributed by atoms with Gasteiger partial charge < -0.3 is 19.1 Å². The molecule has 2 aromatic carbocycles. The second kappa shape index (κ2) is 8.64. The topological polar surface area (TPSA) is 48.0 Å². The van der Waals surface area contributed by atoms with Crippen molar-refractivity contribution in [1.29, 1.82) is 0 Å². The van der Waals surface area contributed by atoms with Crippen LogP contribution in [0.3, 0.4) is 0 Å². The molecule has 1 fully saturated rings. The first kappa shape index (κ1) is 21.8. The van der Waals surface area contributed by atoms with Gasteiger partial charge in [-0.15, -0.1) is 0 Å². The summed E-state index contributed by atoms with van der Waals surface area (Å²) in [5.74, 6) is -0.0661. The first-order valence-corrected chi connectivity index (χ1v) is 11.3. The maximum absolute atomic E-state index is 13.5. The van der Waals surface area contributed by atoms with Crippen LogP contribution in [-0.2, 0) is 20.1 Å². The third-order valence-corrected chi connectivity index (χ3v) is 6.19. The molecule has 166 valence electrons. The Labute approximate surface area is 185 Å². The number of anilines is 1. The van der Waals surface area contributed by atoms with Crippen LogP contribution in [0.25, 0.3) is 0 Å². The molecule has 0 saturated carbocycles. The van der Waals surface area contributed by atoms with Crippen LogP contribution in [0.15, 0.2) is 30.3 Å². The van der Waals surface area contributed by atoms with Crippen molar-refractivity contribution in [3.05, 3.63) is 58.1 Å². The van der Waals surface area contributed by atoms with Crippen LogP contribution in [-0.4, -0.2) is 32.3 Å². The van der Waals surface area contributed by atoms with Gasteiger partial charge in [0, 0.05) is 12.1 Å². The van der Waals surface area contributed by atoms with Crippen molar-refractivity contribution in [3.8, 4) is 5.75 Å². The maximum atomic E-state index is 13.5. The van der Waals surface area contributed by atoms with E-state index in [4.69, 9.17) is 14.2 Å². The molecule has 2 aliphatic rings. The van der Waals surface area contributed by atoms with Crippen LogP contribution in [0, 0.1) is 20.8 Å². The van der Waals surface area contributed by atoms with E-state index in [9.17, 15) is 4.79 Å². The molecule has 0 aliphatic carbocycles. The van der Waals surface area contributed by atoms with Crippen molar-refractivity contribution in [2.24, 2.45) is 0 Å². The smallest absolute Gasteiger partial charge is 0.292 e. The van der Waals surface area contributed by atoms with Gasteiger partial charge >= 0.3 is 0 Å². The third kappa shape index (κ3) is 3.85. The van der Waals surface area contributed by atoms with E-state index >= 15 is 0 Å². The standard InChI is InChI=1S/C26H33NO4/c1-17(2)21-11-8-18(3)16-22(21)29-13-6-12-27-24-20(5)10-9-19(4)23(24)26(25(27)28)30-14-7-15-31-26/h8-11,16-17H,6-7,12-15H2,1-5H3. The third-order valence-electron chi connectivity index (χ3n) is 6.19. The summed E-state index contributed by atoms with van der Waals surface area (Å²) in [4.78, 5) is 15.4. The van der Waals surface area contributed by atoms with Gasteiger partial charge in [-0.1, -0.05) is 38.1 Å². The molecule has 2 aliphatic heterocycles. The molecule has 2 aromatic rings. The molecular formula is C26H33NO4. The monoisotopic (exact) mass is 423 g/mol. The van der Waals surface area contributed by atoms with Crippen molar-refractivity contribution in [2.45, 2.75) is 59.2 Å². The fraction of sp³-hybridized carbons (Fsp3) is 0.500. The summed E-state index contributed by atoms with van der Waals surface area (Å²) in [6.45, 7) is 12.6. The minimum atomic E-state index is -1.29. The molecule has 31 heavy (non-hydrogen) atoms. The zero-order chi connectivity index (χ0) is 22.2. The predicted molar refractivity (Wildman–Crippen MR) is 122 cm³/mol. The Morgan fingerprint density at radius 3 is 2.48 bits per heavy atom. The molecule has 5 nitrogen and oxygen atoms in total. The van der Waals surface area contributed by atoms with Crippen molar-refractivity contribution in [2.75, 3.05) is 31.3 Å². The number of carbonyl (C=O) groups is 1. The first-order valence-electron chi connectivity index (χ1n) is 11.3. The number of ether oxygens (including phenoxy) is 3. The van der Waals surface area contributed by atoms with Gasteiger partial charge in [-0.2, -0.15) is 0 Å². The molecule has 0 unspecified atom stereocenters. The fourth-order valence-corrected chi connectivity index (χ4v) is 4.61. The molecule has 4 rings (SSSR count). The summed E-state index contributed by atoms with van der Waals surface area (Å²) in [6, 6.07) is 10.5. The van der Waals surface area contributed by atoms with Gasteiger partial charge in [-0.25, -0.2) is 0 Å². The molecule has 0 N–H and O–H groups in total. The van der Waals surface area contributed by atoms with Crippen molar-refractivity contribution < 1.29 is 19.0 Å². The summed E-state index contributed by atoms with van der Waals surface area (Å²) >= 11 is 0. The second-order valence-electron chi connectivity index (χ2n) is 8.94. The Hall–Kier alpha value is -2.37. The van der Waals surface area contributed by atoms with E-state index in [-0.39, 0.29) is 5.91 Å². The molecule has 1 spiro atoms. The highest BCUT2D eigenvalue weighted by atomic mass is 16.7. The Morgan fingerprint density at radius 2 is 1.77 bits per heavy atom. The normalized spacial score (nSPS) is 17.5. The Balaban J connectivity index is 1.52. The van der Waals surface area contributed by atoms with Crippen LogP contribution in [0.2, 0.25) is 0 Å². The fourth-order valence-electron chi connectivity index (χ4n) is 4.61.